The van der Waals surface area contributed by atoms with Crippen LogP contribution in [-0.2, 0) is 0 Å². The Labute approximate surface area is 313 Å². The molecule has 2 aliphatic heterocycles. The molecule has 0 saturated carbocycles. The molecule has 0 spiro atoms. The molecule has 4 aromatic carbocycles. The van der Waals surface area contributed by atoms with Gasteiger partial charge in [-0.3, -0.25) is 0 Å². The minimum atomic E-state index is 0. The van der Waals surface area contributed by atoms with Crippen molar-refractivity contribution in [2.45, 2.75) is 13.8 Å². The van der Waals surface area contributed by atoms with Gasteiger partial charge in [-0.25, -0.2) is 9.97 Å². The molecular formula is C46H34MgN4+2. The summed E-state index contributed by atoms with van der Waals surface area (Å²) < 4.78 is 0. The van der Waals surface area contributed by atoms with Crippen molar-refractivity contribution in [3.8, 4) is 44.5 Å². The Hall–Kier alpha value is -5.75. The van der Waals surface area contributed by atoms with Crippen LogP contribution < -0.4 is 19.9 Å². The first kappa shape index (κ1) is 32.5. The zero-order valence-corrected chi connectivity index (χ0v) is 30.0. The van der Waals surface area contributed by atoms with E-state index in [1.807, 2.05) is 0 Å². The molecule has 0 radical (unpaired) electrons. The van der Waals surface area contributed by atoms with E-state index in [4.69, 9.17) is 9.97 Å². The molecule has 51 heavy (non-hydrogen) atoms. The number of hydrogen-bond donors (Lipinski definition) is 0. The topological polar surface area (TPSA) is 56.5 Å². The first-order valence-electron chi connectivity index (χ1n) is 17.0. The average Bonchev–Trinajstić information content (AvgIpc) is 3.98. The third-order valence-electron chi connectivity index (χ3n) is 9.56. The van der Waals surface area contributed by atoms with Gasteiger partial charge in [-0.2, -0.15) is 0 Å². The summed E-state index contributed by atoms with van der Waals surface area (Å²) in [4.78, 5) is 18.4. The minimum Gasteiger partial charge on any atom is -0.656 e. The Balaban J connectivity index is 0.00000374. The van der Waals surface area contributed by atoms with Crippen molar-refractivity contribution in [2.75, 3.05) is 0 Å². The van der Waals surface area contributed by atoms with E-state index in [2.05, 4.69) is 182 Å². The summed E-state index contributed by atoms with van der Waals surface area (Å²) in [6.45, 7) is 4.24. The van der Waals surface area contributed by atoms with Crippen molar-refractivity contribution < 1.29 is 9.97 Å². The van der Waals surface area contributed by atoms with Gasteiger partial charge in [-0.05, 0) is 36.1 Å². The number of benzene rings is 4. The van der Waals surface area contributed by atoms with Crippen molar-refractivity contribution >= 4 is 69.4 Å². The summed E-state index contributed by atoms with van der Waals surface area (Å²) in [7, 11) is 0. The zero-order chi connectivity index (χ0) is 33.6. The fourth-order valence-corrected chi connectivity index (χ4v) is 7.07. The van der Waals surface area contributed by atoms with E-state index in [0.29, 0.717) is 0 Å². The minimum absolute atomic E-state index is 0. The first-order chi connectivity index (χ1) is 24.6. The van der Waals surface area contributed by atoms with Crippen LogP contribution >= 0.6 is 0 Å². The molecule has 238 valence electrons. The predicted molar refractivity (Wildman–Crippen MR) is 211 cm³/mol. The zero-order valence-electron chi connectivity index (χ0n) is 28.6. The number of nitrogens with one attached hydrogen (secondary N) is 2. The maximum absolute atomic E-state index is 5.38. The van der Waals surface area contributed by atoms with Crippen LogP contribution in [-0.4, -0.2) is 23.1 Å². The predicted octanol–water partition coefficient (Wildman–Crippen LogP) is 9.66. The quantitative estimate of drug-likeness (QED) is 0.176. The molecule has 2 aliphatic rings. The summed E-state index contributed by atoms with van der Waals surface area (Å²) in [6, 6.07) is 47.0. The molecule has 7 aromatic rings. The van der Waals surface area contributed by atoms with Crippen LogP contribution in [0.4, 0.5) is 0 Å². The number of rotatable bonds is 4. The van der Waals surface area contributed by atoms with E-state index >= 15 is 0 Å². The van der Waals surface area contributed by atoms with Crippen LogP contribution in [0, 0.1) is 13.8 Å². The molecule has 0 fully saturated rings. The summed E-state index contributed by atoms with van der Waals surface area (Å²) in [5, 5.41) is 0. The first-order valence-corrected chi connectivity index (χ1v) is 17.0. The van der Waals surface area contributed by atoms with E-state index in [0.717, 1.165) is 89.4 Å². The number of fused-ring (bicyclic) bond motifs is 8. The second kappa shape index (κ2) is 13.5. The number of H-pyrrole nitrogens is 2. The van der Waals surface area contributed by atoms with Gasteiger partial charge in [-0.15, -0.1) is 22.1 Å². The van der Waals surface area contributed by atoms with E-state index in [9.17, 15) is 0 Å². The normalized spacial score (nSPS) is 11.8. The summed E-state index contributed by atoms with van der Waals surface area (Å²) in [6.07, 6.45) is 8.69. The van der Waals surface area contributed by atoms with Gasteiger partial charge in [0.15, 0.2) is 0 Å². The van der Waals surface area contributed by atoms with E-state index in [-0.39, 0.29) is 23.1 Å². The SMILES string of the molecule is Cc1ccc(-c2c3[nH+]c(c(-c4ccccc4)c4ccc([n-]4)c(-c4ccc(C)cc4)c4[nH+]c(c(-c5ccccc5)c5ccc2[n-]5)C=C4)C=C3)cc1.[Mg+2]. The third-order valence-corrected chi connectivity index (χ3v) is 9.56. The Kier molecular flexibility index (Phi) is 8.60. The summed E-state index contributed by atoms with van der Waals surface area (Å²) in [5.74, 6) is 0. The van der Waals surface area contributed by atoms with Crippen molar-refractivity contribution in [3.63, 3.8) is 0 Å². The molecule has 0 amide bonds. The molecule has 0 saturated heterocycles. The molecule has 8 bridgehead atoms. The van der Waals surface area contributed by atoms with Gasteiger partial charge in [0, 0.05) is 46.6 Å². The van der Waals surface area contributed by atoms with Crippen LogP contribution in [0.2, 0.25) is 0 Å². The summed E-state index contributed by atoms with van der Waals surface area (Å²) in [5.41, 5.74) is 18.6. The van der Waals surface area contributed by atoms with E-state index < -0.39 is 0 Å². The number of aromatic amines is 2. The van der Waals surface area contributed by atoms with Gasteiger partial charge in [-0.1, -0.05) is 145 Å². The van der Waals surface area contributed by atoms with Crippen molar-refractivity contribution in [2.24, 2.45) is 0 Å². The fourth-order valence-electron chi connectivity index (χ4n) is 7.07. The van der Waals surface area contributed by atoms with Crippen LogP contribution in [0.5, 0.6) is 0 Å². The average molecular weight is 667 g/mol. The Morgan fingerprint density at radius 3 is 0.902 bits per heavy atom. The molecule has 3 aromatic heterocycles. The molecular weight excluding hydrogens is 633 g/mol. The second-order valence-corrected chi connectivity index (χ2v) is 13.0. The van der Waals surface area contributed by atoms with E-state index in [1.165, 1.54) is 11.1 Å². The van der Waals surface area contributed by atoms with Crippen LogP contribution in [0.1, 0.15) is 33.9 Å². The third kappa shape index (κ3) is 6.05. The smallest absolute Gasteiger partial charge is 0.656 e. The van der Waals surface area contributed by atoms with Crippen LogP contribution in [0.25, 0.3) is 90.9 Å². The molecule has 5 heterocycles. The molecule has 2 N–H and O–H groups in total. The van der Waals surface area contributed by atoms with Gasteiger partial charge < -0.3 is 9.97 Å². The van der Waals surface area contributed by atoms with Gasteiger partial charge in [0.25, 0.3) is 0 Å². The van der Waals surface area contributed by atoms with Gasteiger partial charge >= 0.3 is 23.1 Å². The molecule has 0 aliphatic carbocycles. The number of aromatic nitrogens is 4. The van der Waals surface area contributed by atoms with Crippen molar-refractivity contribution in [1.29, 1.82) is 0 Å². The maximum atomic E-state index is 5.38. The Bertz CT molecular complexity index is 2440. The maximum Gasteiger partial charge on any atom is 2.00 e. The number of nitrogens with zero attached hydrogens (tertiary/aromatic N) is 2. The molecule has 4 nitrogen and oxygen atoms in total. The van der Waals surface area contributed by atoms with E-state index in [1.54, 1.807) is 0 Å². The van der Waals surface area contributed by atoms with Crippen LogP contribution in [0.3, 0.4) is 0 Å². The standard InChI is InChI=1S/C46H32N4.Mg/c1-29-13-17-33(18-14-29)45-39-25-21-35(47-39)43(31-9-5-3-6-10-31)37-23-27-41(49-37)46(34-19-15-30(2)16-20-34)42-28-24-38(50-42)44(32-11-7-4-8-12-32)36-22-26-40(45)48-36;/h3-28H,1-2H3;/q-2;+2/p+2. The molecule has 5 heteroatoms. The second-order valence-electron chi connectivity index (χ2n) is 13.0. The van der Waals surface area contributed by atoms with Crippen LogP contribution in [0.15, 0.2) is 133 Å². The largest absolute Gasteiger partial charge is 2.00 e. The van der Waals surface area contributed by atoms with Crippen molar-refractivity contribution in [1.82, 2.24) is 9.97 Å². The Morgan fingerprint density at radius 1 is 0.333 bits per heavy atom. The molecule has 9 rings (SSSR count). The monoisotopic (exact) mass is 666 g/mol. The van der Waals surface area contributed by atoms with Gasteiger partial charge in [0.2, 0.25) is 22.8 Å². The number of hydrogen-bond acceptors (Lipinski definition) is 0. The summed E-state index contributed by atoms with van der Waals surface area (Å²) >= 11 is 0. The van der Waals surface area contributed by atoms with Crippen molar-refractivity contribution in [3.05, 3.63) is 167 Å². The van der Waals surface area contributed by atoms with Gasteiger partial charge in [0.1, 0.15) is 0 Å². The molecule has 0 atom stereocenters. The number of aryl methyl sites for hydroxylation is 2. The Morgan fingerprint density at radius 2 is 0.608 bits per heavy atom. The fraction of sp³-hybridized carbons (Fsp3) is 0.0435. The van der Waals surface area contributed by atoms with Gasteiger partial charge in [0.05, 0.1) is 0 Å². The molecule has 0 unspecified atom stereocenters.